The van der Waals surface area contributed by atoms with Gasteiger partial charge in [0.25, 0.3) is 0 Å². The van der Waals surface area contributed by atoms with Gasteiger partial charge in [-0.2, -0.15) is 4.73 Å². The Morgan fingerprint density at radius 3 is 3.00 bits per heavy atom. The molecule has 0 unspecified atom stereocenters. The second kappa shape index (κ2) is 2.20. The summed E-state index contributed by atoms with van der Waals surface area (Å²) in [5.41, 5.74) is 1.43. The third kappa shape index (κ3) is 0.970. The highest BCUT2D eigenvalue weighted by Gasteiger charge is 2.09. The highest BCUT2D eigenvalue weighted by molar-refractivity contribution is 9.10. The molecule has 56 valence electrons. The highest BCUT2D eigenvalue weighted by Crippen LogP contribution is 2.25. The lowest BCUT2D eigenvalue weighted by molar-refractivity contribution is 0.184. The number of halogens is 1. The normalized spacial score (nSPS) is 10.6. The van der Waals surface area contributed by atoms with E-state index >= 15 is 0 Å². The molecule has 0 spiro atoms. The smallest absolute Gasteiger partial charge is 0.117 e. The molecule has 1 N–H and O–H groups in total. The number of fused-ring (bicyclic) bond motifs is 1. The zero-order valence-electron chi connectivity index (χ0n) is 5.40. The third-order valence-corrected chi connectivity index (χ3v) is 1.93. The SMILES string of the molecule is On1cc2ncnc-2c(Br)c1. The summed E-state index contributed by atoms with van der Waals surface area (Å²) in [6, 6.07) is 0. The lowest BCUT2D eigenvalue weighted by Gasteiger charge is -2.01. The van der Waals surface area contributed by atoms with Crippen LogP contribution in [-0.2, 0) is 0 Å². The fraction of sp³-hybridized carbons (Fsp3) is 0. The second-order valence-corrected chi connectivity index (χ2v) is 2.95. The molecule has 0 atom stereocenters. The molecule has 0 aromatic rings. The predicted molar refractivity (Wildman–Crippen MR) is 41.5 cm³/mol. The Bertz CT molecular complexity index is 359. The molecule has 0 fully saturated rings. The van der Waals surface area contributed by atoms with Crippen LogP contribution >= 0.6 is 15.9 Å². The van der Waals surface area contributed by atoms with Crippen LogP contribution < -0.4 is 0 Å². The van der Waals surface area contributed by atoms with Gasteiger partial charge in [-0.05, 0) is 15.9 Å². The first-order chi connectivity index (χ1) is 5.27. The van der Waals surface area contributed by atoms with Gasteiger partial charge in [0.2, 0.25) is 0 Å². The van der Waals surface area contributed by atoms with E-state index < -0.39 is 0 Å². The van der Waals surface area contributed by atoms with E-state index in [1.165, 1.54) is 18.7 Å². The van der Waals surface area contributed by atoms with E-state index in [4.69, 9.17) is 5.21 Å². The molecule has 5 heteroatoms. The van der Waals surface area contributed by atoms with Gasteiger partial charge in [0, 0.05) is 0 Å². The van der Waals surface area contributed by atoms with Crippen molar-refractivity contribution in [1.29, 1.82) is 0 Å². The lowest BCUT2D eigenvalue weighted by atomic mass is 10.3. The fourth-order valence-electron chi connectivity index (χ4n) is 0.894. The Morgan fingerprint density at radius 1 is 1.36 bits per heavy atom. The minimum atomic E-state index is 0.668. The van der Waals surface area contributed by atoms with E-state index in [1.54, 1.807) is 0 Å². The number of pyridine rings is 1. The van der Waals surface area contributed by atoms with E-state index in [-0.39, 0.29) is 0 Å². The zero-order valence-corrected chi connectivity index (χ0v) is 6.98. The number of rotatable bonds is 0. The van der Waals surface area contributed by atoms with Crippen molar-refractivity contribution in [3.05, 3.63) is 23.2 Å². The average molecular weight is 214 g/mol. The molecule has 11 heavy (non-hydrogen) atoms. The second-order valence-electron chi connectivity index (χ2n) is 2.09. The Morgan fingerprint density at radius 2 is 2.18 bits per heavy atom. The highest BCUT2D eigenvalue weighted by atomic mass is 79.9. The Hall–Kier alpha value is -1.10. The molecule has 2 aliphatic rings. The first-order valence-electron chi connectivity index (χ1n) is 2.95. The van der Waals surface area contributed by atoms with E-state index in [2.05, 4.69) is 25.9 Å². The summed E-state index contributed by atoms with van der Waals surface area (Å²) in [5, 5.41) is 9.05. The van der Waals surface area contributed by atoms with Gasteiger partial charge in [0.1, 0.15) is 17.7 Å². The summed E-state index contributed by atoms with van der Waals surface area (Å²) in [6.07, 6.45) is 4.46. The quantitative estimate of drug-likeness (QED) is 0.674. The van der Waals surface area contributed by atoms with Crippen molar-refractivity contribution in [2.75, 3.05) is 0 Å². The maximum atomic E-state index is 9.05. The van der Waals surface area contributed by atoms with Crippen LogP contribution in [0.4, 0.5) is 0 Å². The molecule has 0 bridgehead atoms. The number of imidazole rings is 1. The molecule has 0 radical (unpaired) electrons. The lowest BCUT2D eigenvalue weighted by Crippen LogP contribution is -1.94. The Kier molecular flexibility index (Phi) is 1.32. The van der Waals surface area contributed by atoms with Crippen molar-refractivity contribution in [2.24, 2.45) is 0 Å². The van der Waals surface area contributed by atoms with Gasteiger partial charge >= 0.3 is 0 Å². The fourth-order valence-corrected chi connectivity index (χ4v) is 1.41. The van der Waals surface area contributed by atoms with Crippen molar-refractivity contribution >= 4 is 15.9 Å². The van der Waals surface area contributed by atoms with Crippen LogP contribution in [-0.4, -0.2) is 19.9 Å². The number of nitrogens with zero attached hydrogens (tertiary/aromatic N) is 3. The standard InChI is InChI=1S/C6H4BrN3O/c7-4-1-10(11)2-5-6(4)9-3-8-5/h1-3,11H. The molecule has 2 aliphatic heterocycles. The van der Waals surface area contributed by atoms with E-state index in [9.17, 15) is 0 Å². The summed E-state index contributed by atoms with van der Waals surface area (Å²) < 4.78 is 1.68. The van der Waals surface area contributed by atoms with Gasteiger partial charge in [-0.1, -0.05) is 0 Å². The maximum Gasteiger partial charge on any atom is 0.117 e. The van der Waals surface area contributed by atoms with Crippen molar-refractivity contribution in [3.8, 4) is 11.4 Å². The molecular weight excluding hydrogens is 210 g/mol. The van der Waals surface area contributed by atoms with E-state index in [1.807, 2.05) is 0 Å². The van der Waals surface area contributed by atoms with Gasteiger partial charge in [-0.25, -0.2) is 9.97 Å². The van der Waals surface area contributed by atoms with Gasteiger partial charge in [-0.3, -0.25) is 0 Å². The molecule has 4 nitrogen and oxygen atoms in total. The summed E-state index contributed by atoms with van der Waals surface area (Å²) in [5.74, 6) is 0. The molecule has 0 aromatic heterocycles. The van der Waals surface area contributed by atoms with Crippen LogP contribution in [0.15, 0.2) is 23.2 Å². The minimum absolute atomic E-state index is 0.668. The van der Waals surface area contributed by atoms with Crippen LogP contribution in [0.3, 0.4) is 0 Å². The number of hydrogen-bond donors (Lipinski definition) is 1. The summed E-state index contributed by atoms with van der Waals surface area (Å²) in [6.45, 7) is 0. The third-order valence-electron chi connectivity index (χ3n) is 1.35. The van der Waals surface area contributed by atoms with Gasteiger partial charge < -0.3 is 5.21 Å². The largest absolute Gasteiger partial charge is 0.429 e. The average Bonchev–Trinajstić information content (AvgIpc) is 2.34. The van der Waals surface area contributed by atoms with Crippen LogP contribution in [0, 0.1) is 0 Å². The van der Waals surface area contributed by atoms with Crippen LogP contribution in [0.25, 0.3) is 11.4 Å². The van der Waals surface area contributed by atoms with Crippen LogP contribution in [0.2, 0.25) is 0 Å². The molecular formula is C6H4BrN3O. The van der Waals surface area contributed by atoms with E-state index in [0.717, 1.165) is 14.9 Å². The molecule has 0 aromatic carbocycles. The molecule has 0 amide bonds. The van der Waals surface area contributed by atoms with Crippen molar-refractivity contribution in [3.63, 3.8) is 0 Å². The molecule has 0 saturated carbocycles. The summed E-state index contributed by atoms with van der Waals surface area (Å²) >= 11 is 3.24. The minimum Gasteiger partial charge on any atom is -0.429 e. The topological polar surface area (TPSA) is 50.9 Å². The molecule has 2 rings (SSSR count). The van der Waals surface area contributed by atoms with Gasteiger partial charge in [-0.15, -0.1) is 0 Å². The predicted octanol–water partition coefficient (Wildman–Crippen LogP) is 1.38. The number of hydrogen-bond acceptors (Lipinski definition) is 3. The molecule has 0 saturated heterocycles. The first kappa shape index (κ1) is 6.60. The first-order valence-corrected chi connectivity index (χ1v) is 3.74. The van der Waals surface area contributed by atoms with Gasteiger partial charge in [0.15, 0.2) is 0 Å². The molecule has 0 aliphatic carbocycles. The van der Waals surface area contributed by atoms with Crippen molar-refractivity contribution in [1.82, 2.24) is 14.7 Å². The molecule has 2 heterocycles. The van der Waals surface area contributed by atoms with Crippen LogP contribution in [0.5, 0.6) is 0 Å². The number of aromatic nitrogens is 3. The Labute approximate surface area is 70.9 Å². The summed E-state index contributed by atoms with van der Waals surface area (Å²) in [7, 11) is 0. The maximum absolute atomic E-state index is 9.05. The van der Waals surface area contributed by atoms with Gasteiger partial charge in [0.05, 0.1) is 16.9 Å². The van der Waals surface area contributed by atoms with Crippen LogP contribution in [0.1, 0.15) is 0 Å². The zero-order chi connectivity index (χ0) is 7.84. The Balaban J connectivity index is 2.79. The monoisotopic (exact) mass is 213 g/mol. The van der Waals surface area contributed by atoms with Crippen molar-refractivity contribution < 1.29 is 5.21 Å². The van der Waals surface area contributed by atoms with Crippen molar-refractivity contribution in [2.45, 2.75) is 0 Å². The summed E-state index contributed by atoms with van der Waals surface area (Å²) in [4.78, 5) is 7.90. The van der Waals surface area contributed by atoms with E-state index in [0.29, 0.717) is 5.69 Å².